The van der Waals surface area contributed by atoms with Gasteiger partial charge in [0.15, 0.2) is 0 Å². The Labute approximate surface area is 240 Å². The van der Waals surface area contributed by atoms with Gasteiger partial charge < -0.3 is 9.80 Å². The summed E-state index contributed by atoms with van der Waals surface area (Å²) in [6, 6.07) is 16.7. The molecule has 0 N–H and O–H groups in total. The second kappa shape index (κ2) is 16.5. The molecule has 0 unspecified atom stereocenters. The zero-order valence-corrected chi connectivity index (χ0v) is 24.7. The molecular weight excluding hydrogens is 498 g/mol. The molecule has 0 atom stereocenters. The van der Waals surface area contributed by atoms with Crippen molar-refractivity contribution in [3.8, 4) is 22.8 Å². The maximum atomic E-state index is 13.3. The van der Waals surface area contributed by atoms with Gasteiger partial charge in [-0.05, 0) is 62.1 Å². The van der Waals surface area contributed by atoms with Gasteiger partial charge >= 0.3 is 0 Å². The molecule has 0 saturated heterocycles. The molecule has 3 aromatic heterocycles. The number of amides is 2. The molecule has 7 heteroatoms. The van der Waals surface area contributed by atoms with Crippen molar-refractivity contribution in [2.24, 2.45) is 0 Å². The molecule has 0 spiro atoms. The fourth-order valence-corrected chi connectivity index (χ4v) is 4.46. The first kappa shape index (κ1) is 30.9. The van der Waals surface area contributed by atoms with Crippen LogP contribution < -0.4 is 0 Å². The van der Waals surface area contributed by atoms with Gasteiger partial charge in [0.05, 0.1) is 22.8 Å². The van der Waals surface area contributed by atoms with Crippen molar-refractivity contribution < 1.29 is 9.59 Å². The van der Waals surface area contributed by atoms with Crippen LogP contribution in [0.5, 0.6) is 0 Å². The second-order valence-corrected chi connectivity index (χ2v) is 10.2. The Morgan fingerprint density at radius 1 is 0.500 bits per heavy atom. The first-order valence-electron chi connectivity index (χ1n) is 15.0. The van der Waals surface area contributed by atoms with Crippen molar-refractivity contribution in [3.05, 3.63) is 66.0 Å². The van der Waals surface area contributed by atoms with Gasteiger partial charge in [0.25, 0.3) is 11.8 Å². The molecule has 0 aromatic carbocycles. The van der Waals surface area contributed by atoms with Crippen LogP contribution >= 0.6 is 0 Å². The number of rotatable bonds is 16. The molecule has 0 radical (unpaired) electrons. The van der Waals surface area contributed by atoms with Crippen molar-refractivity contribution in [1.82, 2.24) is 24.8 Å². The predicted octanol–water partition coefficient (Wildman–Crippen LogP) is 7.29. The first-order chi connectivity index (χ1) is 19.5. The van der Waals surface area contributed by atoms with E-state index in [0.717, 1.165) is 77.5 Å². The number of hydrogen-bond acceptors (Lipinski definition) is 5. The van der Waals surface area contributed by atoms with E-state index in [4.69, 9.17) is 15.0 Å². The molecule has 2 amide bonds. The Balaban J connectivity index is 1.85. The highest BCUT2D eigenvalue weighted by Gasteiger charge is 2.19. The van der Waals surface area contributed by atoms with Crippen LogP contribution in [0, 0.1) is 0 Å². The second-order valence-electron chi connectivity index (χ2n) is 10.2. The largest absolute Gasteiger partial charge is 0.337 e. The van der Waals surface area contributed by atoms with Crippen LogP contribution in [0.3, 0.4) is 0 Å². The van der Waals surface area contributed by atoms with E-state index >= 15 is 0 Å². The number of unbranched alkanes of at least 4 members (excludes halogenated alkanes) is 4. The van der Waals surface area contributed by atoms with Crippen LogP contribution in [0.1, 0.15) is 100 Å². The Hall–Kier alpha value is -3.61. The van der Waals surface area contributed by atoms with Gasteiger partial charge in [-0.3, -0.25) is 9.59 Å². The monoisotopic (exact) mass is 543 g/mol. The van der Waals surface area contributed by atoms with E-state index in [2.05, 4.69) is 27.7 Å². The van der Waals surface area contributed by atoms with Crippen LogP contribution in [-0.2, 0) is 0 Å². The van der Waals surface area contributed by atoms with Gasteiger partial charge in [-0.15, -0.1) is 0 Å². The lowest BCUT2D eigenvalue weighted by Gasteiger charge is -2.22. The highest BCUT2D eigenvalue weighted by Crippen LogP contribution is 2.22. The van der Waals surface area contributed by atoms with Crippen LogP contribution in [0.2, 0.25) is 0 Å². The lowest BCUT2D eigenvalue weighted by atomic mass is 10.1. The third-order valence-corrected chi connectivity index (χ3v) is 6.91. The van der Waals surface area contributed by atoms with Gasteiger partial charge in [0.2, 0.25) is 0 Å². The van der Waals surface area contributed by atoms with E-state index in [1.165, 1.54) is 0 Å². The summed E-state index contributed by atoms with van der Waals surface area (Å²) < 4.78 is 0. The minimum absolute atomic E-state index is 0.0384. The molecule has 40 heavy (non-hydrogen) atoms. The van der Waals surface area contributed by atoms with Crippen LogP contribution in [0.15, 0.2) is 54.6 Å². The predicted molar refractivity (Wildman–Crippen MR) is 162 cm³/mol. The lowest BCUT2D eigenvalue weighted by Crippen LogP contribution is -2.33. The normalized spacial score (nSPS) is 10.9. The molecule has 0 fully saturated rings. The van der Waals surface area contributed by atoms with Crippen molar-refractivity contribution in [2.45, 2.75) is 79.1 Å². The molecular formula is C33H45N5O2. The average molecular weight is 544 g/mol. The fraction of sp³-hybridized carbons (Fsp3) is 0.485. The topological polar surface area (TPSA) is 79.3 Å². The van der Waals surface area contributed by atoms with Crippen LogP contribution in [-0.4, -0.2) is 62.7 Å². The number of carbonyl (C=O) groups excluding carboxylic acids is 2. The number of carbonyl (C=O) groups is 2. The van der Waals surface area contributed by atoms with Gasteiger partial charge in [-0.1, -0.05) is 71.6 Å². The molecule has 0 aliphatic rings. The molecule has 3 aromatic rings. The van der Waals surface area contributed by atoms with E-state index in [0.29, 0.717) is 34.2 Å². The van der Waals surface area contributed by atoms with E-state index in [-0.39, 0.29) is 11.8 Å². The molecule has 3 heterocycles. The first-order valence-corrected chi connectivity index (χ1v) is 15.0. The third kappa shape index (κ3) is 8.70. The quantitative estimate of drug-likeness (QED) is 0.189. The molecule has 3 rings (SSSR count). The summed E-state index contributed by atoms with van der Waals surface area (Å²) in [6.07, 6.45) is 8.05. The summed E-state index contributed by atoms with van der Waals surface area (Å²) in [5, 5.41) is 0. The van der Waals surface area contributed by atoms with E-state index in [1.807, 2.05) is 52.3 Å². The van der Waals surface area contributed by atoms with Crippen molar-refractivity contribution in [3.63, 3.8) is 0 Å². The van der Waals surface area contributed by atoms with Gasteiger partial charge in [-0.25, -0.2) is 15.0 Å². The number of hydrogen-bond donors (Lipinski definition) is 0. The SMILES string of the molecule is CCCCN(CCCC)C(=O)c1cccc(-c2cccc(-c3cccc(C(=O)N(CCCC)CCCC)n3)n2)n1. The highest BCUT2D eigenvalue weighted by atomic mass is 16.2. The Morgan fingerprint density at radius 3 is 1.12 bits per heavy atom. The smallest absolute Gasteiger partial charge is 0.272 e. The molecule has 0 saturated carbocycles. The van der Waals surface area contributed by atoms with Crippen molar-refractivity contribution in [1.29, 1.82) is 0 Å². The van der Waals surface area contributed by atoms with E-state index < -0.39 is 0 Å². The summed E-state index contributed by atoms with van der Waals surface area (Å²) >= 11 is 0. The van der Waals surface area contributed by atoms with E-state index in [9.17, 15) is 9.59 Å². The maximum Gasteiger partial charge on any atom is 0.272 e. The van der Waals surface area contributed by atoms with Gasteiger partial charge in [0, 0.05) is 26.2 Å². The van der Waals surface area contributed by atoms with Crippen LogP contribution in [0.4, 0.5) is 0 Å². The molecule has 0 bridgehead atoms. The van der Waals surface area contributed by atoms with Crippen molar-refractivity contribution >= 4 is 11.8 Å². The van der Waals surface area contributed by atoms with E-state index in [1.54, 1.807) is 12.1 Å². The standard InChI is InChI=1S/C33H45N5O2/c1-5-9-22-37(23-10-6-2)32(39)30-20-14-18-28(35-30)26-16-13-17-27(34-26)29-19-15-21-31(36-29)33(40)38(24-11-7-3)25-12-8-4/h13-21H,5-12,22-25H2,1-4H3. The van der Waals surface area contributed by atoms with Crippen molar-refractivity contribution in [2.75, 3.05) is 26.2 Å². The summed E-state index contributed by atoms with van der Waals surface area (Å²) in [4.78, 5) is 44.7. The Morgan fingerprint density at radius 2 is 0.800 bits per heavy atom. The summed E-state index contributed by atoms with van der Waals surface area (Å²) in [5.41, 5.74) is 3.45. The summed E-state index contributed by atoms with van der Waals surface area (Å²) in [6.45, 7) is 11.5. The number of aromatic nitrogens is 3. The maximum absolute atomic E-state index is 13.3. The lowest BCUT2D eigenvalue weighted by molar-refractivity contribution is 0.0738. The Bertz CT molecular complexity index is 1120. The molecule has 214 valence electrons. The van der Waals surface area contributed by atoms with Crippen LogP contribution in [0.25, 0.3) is 22.8 Å². The molecule has 7 nitrogen and oxygen atoms in total. The zero-order chi connectivity index (χ0) is 28.7. The third-order valence-electron chi connectivity index (χ3n) is 6.91. The minimum atomic E-state index is -0.0384. The zero-order valence-electron chi connectivity index (χ0n) is 24.7. The van der Waals surface area contributed by atoms with Gasteiger partial charge in [-0.2, -0.15) is 0 Å². The highest BCUT2D eigenvalue weighted by molar-refractivity contribution is 5.93. The molecule has 0 aliphatic heterocycles. The molecule has 0 aliphatic carbocycles. The number of nitrogens with zero attached hydrogens (tertiary/aromatic N) is 5. The average Bonchev–Trinajstić information content (AvgIpc) is 3.01. The Kier molecular flexibility index (Phi) is 12.7. The summed E-state index contributed by atoms with van der Waals surface area (Å²) in [7, 11) is 0. The van der Waals surface area contributed by atoms with Gasteiger partial charge in [0.1, 0.15) is 11.4 Å². The summed E-state index contributed by atoms with van der Waals surface area (Å²) in [5.74, 6) is -0.0769. The fourth-order valence-electron chi connectivity index (χ4n) is 4.46. The number of pyridine rings is 3. The minimum Gasteiger partial charge on any atom is -0.337 e.